The first kappa shape index (κ1) is 18.6. The Bertz CT molecular complexity index is 723. The molecule has 1 atom stereocenters. The van der Waals surface area contributed by atoms with Crippen LogP contribution in [0, 0.1) is 5.92 Å². The van der Waals surface area contributed by atoms with Crippen molar-refractivity contribution in [1.82, 2.24) is 5.32 Å². The molecule has 3 rings (SSSR count). The Kier molecular flexibility index (Phi) is 6.04. The summed E-state index contributed by atoms with van der Waals surface area (Å²) in [7, 11) is 1.56. The summed E-state index contributed by atoms with van der Waals surface area (Å²) in [5, 5.41) is 5.26. The Labute approximate surface area is 158 Å². The smallest absolute Gasteiger partial charge is 0.252 e. The minimum atomic E-state index is -0.134. The summed E-state index contributed by atoms with van der Waals surface area (Å²) in [6.45, 7) is 5.26. The number of benzene rings is 1. The van der Waals surface area contributed by atoms with Gasteiger partial charge in [0, 0.05) is 10.4 Å². The molecule has 1 unspecified atom stereocenters. The lowest BCUT2D eigenvalue weighted by Crippen LogP contribution is -2.33. The molecule has 0 bridgehead atoms. The molecule has 2 aromatic rings. The fourth-order valence-electron chi connectivity index (χ4n) is 3.28. The van der Waals surface area contributed by atoms with E-state index in [1.54, 1.807) is 30.6 Å². The molecule has 140 valence electrons. The Balaban J connectivity index is 1.88. The van der Waals surface area contributed by atoms with E-state index in [4.69, 9.17) is 14.2 Å². The molecule has 0 spiro atoms. The van der Waals surface area contributed by atoms with Gasteiger partial charge < -0.3 is 19.5 Å². The molecule has 26 heavy (non-hydrogen) atoms. The molecule has 2 heterocycles. The van der Waals surface area contributed by atoms with Crippen molar-refractivity contribution >= 4 is 17.2 Å². The van der Waals surface area contributed by atoms with E-state index in [1.165, 1.54) is 4.88 Å². The summed E-state index contributed by atoms with van der Waals surface area (Å²) >= 11 is 1.67. The SMILES string of the molecule is CCC(CC)C(NC(=O)c1cc(OC)c2c(c1)OCCO2)c1cccs1. The van der Waals surface area contributed by atoms with Gasteiger partial charge in [-0.2, -0.15) is 0 Å². The van der Waals surface area contributed by atoms with Gasteiger partial charge in [0.15, 0.2) is 11.5 Å². The van der Waals surface area contributed by atoms with E-state index in [2.05, 4.69) is 25.2 Å². The highest BCUT2D eigenvalue weighted by molar-refractivity contribution is 7.10. The van der Waals surface area contributed by atoms with Crippen molar-refractivity contribution in [1.29, 1.82) is 0 Å². The number of carbonyl (C=O) groups excluding carboxylic acids is 1. The second kappa shape index (κ2) is 8.45. The highest BCUT2D eigenvalue weighted by atomic mass is 32.1. The van der Waals surface area contributed by atoms with Crippen molar-refractivity contribution in [3.63, 3.8) is 0 Å². The first-order chi connectivity index (χ1) is 12.7. The van der Waals surface area contributed by atoms with E-state index < -0.39 is 0 Å². The van der Waals surface area contributed by atoms with E-state index >= 15 is 0 Å². The average Bonchev–Trinajstić information content (AvgIpc) is 3.21. The second-order valence-corrected chi connectivity index (χ2v) is 7.23. The standard InChI is InChI=1S/C20H25NO4S/c1-4-13(5-2)18(17-7-6-10-26-17)21-20(22)14-11-15(23-3)19-16(12-14)24-8-9-25-19/h6-7,10-13,18H,4-5,8-9H2,1-3H3,(H,21,22). The zero-order chi connectivity index (χ0) is 18.5. The number of carbonyl (C=O) groups is 1. The molecule has 1 aromatic heterocycles. The summed E-state index contributed by atoms with van der Waals surface area (Å²) in [5.41, 5.74) is 0.513. The van der Waals surface area contributed by atoms with E-state index in [-0.39, 0.29) is 11.9 Å². The summed E-state index contributed by atoms with van der Waals surface area (Å²) in [4.78, 5) is 14.2. The molecule has 5 nitrogen and oxygen atoms in total. The lowest BCUT2D eigenvalue weighted by molar-refractivity contribution is 0.0918. The third-order valence-corrected chi connectivity index (χ3v) is 5.70. The number of hydrogen-bond donors (Lipinski definition) is 1. The first-order valence-corrected chi connectivity index (χ1v) is 9.87. The lowest BCUT2D eigenvalue weighted by atomic mass is 9.92. The number of methoxy groups -OCH3 is 1. The monoisotopic (exact) mass is 375 g/mol. The van der Waals surface area contributed by atoms with Crippen molar-refractivity contribution in [2.24, 2.45) is 5.92 Å². The van der Waals surface area contributed by atoms with Crippen molar-refractivity contribution < 1.29 is 19.0 Å². The summed E-state index contributed by atoms with van der Waals surface area (Å²) in [5.74, 6) is 1.88. The molecule has 1 N–H and O–H groups in total. The van der Waals surface area contributed by atoms with Gasteiger partial charge in [-0.3, -0.25) is 4.79 Å². The van der Waals surface area contributed by atoms with Crippen LogP contribution in [0.4, 0.5) is 0 Å². The minimum absolute atomic E-state index is 0.00306. The van der Waals surface area contributed by atoms with Crippen molar-refractivity contribution in [3.8, 4) is 17.2 Å². The number of fused-ring (bicyclic) bond motifs is 1. The third-order valence-electron chi connectivity index (χ3n) is 4.75. The van der Waals surface area contributed by atoms with Gasteiger partial charge >= 0.3 is 0 Å². The fourth-order valence-corrected chi connectivity index (χ4v) is 4.15. The zero-order valence-electron chi connectivity index (χ0n) is 15.4. The predicted octanol–water partition coefficient (Wildman–Crippen LogP) is 4.44. The van der Waals surface area contributed by atoms with Gasteiger partial charge in [-0.05, 0) is 29.5 Å². The number of hydrogen-bond acceptors (Lipinski definition) is 5. The van der Waals surface area contributed by atoms with Gasteiger partial charge in [0.1, 0.15) is 13.2 Å². The van der Waals surface area contributed by atoms with Crippen LogP contribution in [0.3, 0.4) is 0 Å². The second-order valence-electron chi connectivity index (χ2n) is 6.25. The molecule has 1 amide bonds. The third kappa shape index (κ3) is 3.80. The number of ether oxygens (including phenoxy) is 3. The van der Waals surface area contributed by atoms with Crippen LogP contribution in [0.25, 0.3) is 0 Å². The molecule has 1 aliphatic heterocycles. The van der Waals surface area contributed by atoms with Gasteiger partial charge in [0.05, 0.1) is 13.2 Å². The molecule has 0 fully saturated rings. The largest absolute Gasteiger partial charge is 0.493 e. The van der Waals surface area contributed by atoms with Gasteiger partial charge in [0.2, 0.25) is 5.75 Å². The highest BCUT2D eigenvalue weighted by Gasteiger charge is 2.26. The molecule has 0 saturated carbocycles. The highest BCUT2D eigenvalue weighted by Crippen LogP contribution is 2.40. The van der Waals surface area contributed by atoms with Crippen LogP contribution in [0.1, 0.15) is 48.0 Å². The van der Waals surface area contributed by atoms with Crippen molar-refractivity contribution in [2.45, 2.75) is 32.7 Å². The maximum absolute atomic E-state index is 13.0. The van der Waals surface area contributed by atoms with Crippen LogP contribution in [0.15, 0.2) is 29.6 Å². The minimum Gasteiger partial charge on any atom is -0.493 e. The molecular formula is C20H25NO4S. The predicted molar refractivity (Wildman–Crippen MR) is 103 cm³/mol. The molecule has 6 heteroatoms. The number of thiophene rings is 1. The summed E-state index contributed by atoms with van der Waals surface area (Å²) in [6.07, 6.45) is 2.01. The van der Waals surface area contributed by atoms with Crippen LogP contribution in [0.2, 0.25) is 0 Å². The quantitative estimate of drug-likeness (QED) is 0.777. The van der Waals surface area contributed by atoms with Gasteiger partial charge in [-0.1, -0.05) is 32.8 Å². The van der Waals surface area contributed by atoms with Gasteiger partial charge in [0.25, 0.3) is 5.91 Å². The number of nitrogens with one attached hydrogen (secondary N) is 1. The van der Waals surface area contributed by atoms with Crippen LogP contribution < -0.4 is 19.5 Å². The molecule has 0 saturated heterocycles. The van der Waals surface area contributed by atoms with Crippen LogP contribution in [-0.2, 0) is 0 Å². The molecular weight excluding hydrogens is 350 g/mol. The van der Waals surface area contributed by atoms with Crippen molar-refractivity contribution in [2.75, 3.05) is 20.3 Å². The summed E-state index contributed by atoms with van der Waals surface area (Å²) < 4.78 is 16.6. The van der Waals surface area contributed by atoms with Gasteiger partial charge in [-0.25, -0.2) is 0 Å². The molecule has 1 aliphatic rings. The van der Waals surface area contributed by atoms with E-state index in [1.807, 2.05) is 11.4 Å². The van der Waals surface area contributed by atoms with Crippen LogP contribution in [0.5, 0.6) is 17.2 Å². The van der Waals surface area contributed by atoms with E-state index in [0.29, 0.717) is 41.9 Å². The maximum Gasteiger partial charge on any atom is 0.252 e. The average molecular weight is 375 g/mol. The van der Waals surface area contributed by atoms with Crippen LogP contribution >= 0.6 is 11.3 Å². The lowest BCUT2D eigenvalue weighted by Gasteiger charge is -2.26. The fraction of sp³-hybridized carbons (Fsp3) is 0.450. The number of amides is 1. The Morgan fingerprint density at radius 1 is 1.27 bits per heavy atom. The summed E-state index contributed by atoms with van der Waals surface area (Å²) in [6, 6.07) is 7.54. The molecule has 1 aromatic carbocycles. The normalized spacial score (nSPS) is 14.2. The zero-order valence-corrected chi connectivity index (χ0v) is 16.2. The Hall–Kier alpha value is -2.21. The van der Waals surface area contributed by atoms with Crippen molar-refractivity contribution in [3.05, 3.63) is 40.1 Å². The first-order valence-electron chi connectivity index (χ1n) is 8.99. The van der Waals surface area contributed by atoms with Crippen LogP contribution in [-0.4, -0.2) is 26.2 Å². The Morgan fingerprint density at radius 2 is 2.04 bits per heavy atom. The topological polar surface area (TPSA) is 56.8 Å². The molecule has 0 aliphatic carbocycles. The maximum atomic E-state index is 13.0. The van der Waals surface area contributed by atoms with Gasteiger partial charge in [-0.15, -0.1) is 11.3 Å². The number of rotatable bonds is 7. The van der Waals surface area contributed by atoms with E-state index in [0.717, 1.165) is 12.8 Å². The Morgan fingerprint density at radius 3 is 2.69 bits per heavy atom. The van der Waals surface area contributed by atoms with E-state index in [9.17, 15) is 4.79 Å². The molecule has 0 radical (unpaired) electrons.